The van der Waals surface area contributed by atoms with Crippen LogP contribution in [0.5, 0.6) is 0 Å². The molecule has 0 bridgehead atoms. The molecule has 4 aliphatic carbocycles. The first-order chi connectivity index (χ1) is 53.4. The first-order valence-electron chi connectivity index (χ1n) is 40.2. The van der Waals surface area contributed by atoms with Crippen molar-refractivity contribution >= 4 is 30.0 Å². The quantitative estimate of drug-likeness (QED) is 0.0411. The van der Waals surface area contributed by atoms with Crippen LogP contribution in [0.3, 0.4) is 0 Å². The van der Waals surface area contributed by atoms with Gasteiger partial charge in [-0.2, -0.15) is 0 Å². The van der Waals surface area contributed by atoms with Gasteiger partial charge in [-0.3, -0.25) is 38.8 Å². The van der Waals surface area contributed by atoms with E-state index >= 15 is 0 Å². The van der Waals surface area contributed by atoms with E-state index < -0.39 is 5.97 Å². The highest BCUT2D eigenvalue weighted by Gasteiger charge is 2.47. The Morgan fingerprint density at radius 3 is 0.844 bits per heavy atom. The summed E-state index contributed by atoms with van der Waals surface area (Å²) < 4.78 is 9.87. The molecule has 8 fully saturated rings. The maximum absolute atomic E-state index is 11.9. The van der Waals surface area contributed by atoms with Crippen molar-refractivity contribution in [3.8, 4) is 0 Å². The monoisotopic (exact) mass is 1470 g/mol. The third-order valence-electron chi connectivity index (χ3n) is 23.0. The molecule has 574 valence electrons. The third kappa shape index (κ3) is 23.1. The number of carboxylic acid groups (broad SMARTS) is 1. The number of aldehydes is 1. The zero-order valence-electron chi connectivity index (χ0n) is 64.2. The minimum absolute atomic E-state index is 0.000597. The molecular weight excluding hydrogens is 1360 g/mol. The zero-order chi connectivity index (χ0) is 75.7. The summed E-state index contributed by atoms with van der Waals surface area (Å²) in [6, 6.07) is 87.7. The highest BCUT2D eigenvalue weighted by atomic mass is 16.5. The molecule has 8 aromatic rings. The van der Waals surface area contributed by atoms with Crippen LogP contribution in [0.4, 0.5) is 0 Å². The van der Waals surface area contributed by atoms with Gasteiger partial charge >= 0.3 is 17.9 Å². The van der Waals surface area contributed by atoms with Gasteiger partial charge in [0.2, 0.25) is 0 Å². The number of carbonyl (C=O) groups is 5. The Morgan fingerprint density at radius 1 is 0.358 bits per heavy atom. The van der Waals surface area contributed by atoms with Crippen LogP contribution >= 0.6 is 0 Å². The molecule has 4 heterocycles. The summed E-state index contributed by atoms with van der Waals surface area (Å²) in [7, 11) is 0. The number of nitrogens with one attached hydrogen (secondary N) is 1. The molecule has 8 aliphatic rings. The van der Waals surface area contributed by atoms with Gasteiger partial charge in [0.05, 0.1) is 55.1 Å². The van der Waals surface area contributed by atoms with Crippen LogP contribution in [0.2, 0.25) is 0 Å². The standard InChI is InChI=1S/C24H30N2O2.C23H28N2O.C22H26N2O2.C17H20N2.C7H10O3/c1-2-28-24(27)22-17-21(22)18-25-13-15-26(16-14-25)23(19-9-5-3-6-10-19)20-11-7-4-8-12-20;1-18(26)22-16-21(22)17-24-12-14-25(15-13-24)23(19-8-4-2-5-9-19)20-10-6-3-7-11-20;25-22(26)20-15-19(20)16-23-11-13-24(14-12-23)21(17-7-3-1-4-8-17)18-9-5-2-6-10-18;1-3-7-15(8-4-1)17(16-9-5-2-6-10-16)19-13-11-18-12-14-19;1-2-10-7(9)6-3-5(6)4-8/h3-12,21-23H,2,13-18H2,1H3;2-11,21-23H,12-17H2,1H3;1-10,19-21H,11-16H2,(H,25,26);1-10,17-18H,11-14H2;4-6H,2-3H2,1H3. The summed E-state index contributed by atoms with van der Waals surface area (Å²) in [6.07, 6.45) is 4.46. The van der Waals surface area contributed by atoms with E-state index in [1.165, 1.54) is 44.5 Å². The maximum Gasteiger partial charge on any atom is 0.309 e. The maximum atomic E-state index is 11.9. The van der Waals surface area contributed by atoms with Gasteiger partial charge in [-0.1, -0.05) is 243 Å². The van der Waals surface area contributed by atoms with Crippen molar-refractivity contribution < 1.29 is 38.6 Å². The summed E-state index contributed by atoms with van der Waals surface area (Å²) in [4.78, 5) is 73.1. The number of esters is 2. The largest absolute Gasteiger partial charge is 0.481 e. The molecule has 8 aromatic carbocycles. The van der Waals surface area contributed by atoms with Crippen molar-refractivity contribution in [1.29, 1.82) is 0 Å². The van der Waals surface area contributed by atoms with E-state index in [2.05, 4.69) is 282 Å². The predicted octanol–water partition coefficient (Wildman–Crippen LogP) is 13.4. The van der Waals surface area contributed by atoms with E-state index in [0.29, 0.717) is 67.2 Å². The van der Waals surface area contributed by atoms with Crippen LogP contribution in [-0.4, -0.2) is 207 Å². The Hall–Kier alpha value is -8.81. The number of rotatable bonds is 25. The lowest BCUT2D eigenvalue weighted by Crippen LogP contribution is -2.48. The van der Waals surface area contributed by atoms with Crippen molar-refractivity contribution in [3.05, 3.63) is 287 Å². The normalized spacial score (nSPS) is 22.9. The number of Topliss-reactive ketones (excluding diaryl/α,β-unsaturated/α-hetero) is 1. The van der Waals surface area contributed by atoms with Crippen LogP contribution in [0.15, 0.2) is 243 Å². The molecule has 109 heavy (non-hydrogen) atoms. The molecule has 16 rings (SSSR count). The Labute approximate surface area is 647 Å². The fourth-order valence-corrected chi connectivity index (χ4v) is 16.7. The third-order valence-corrected chi connectivity index (χ3v) is 23.0. The van der Waals surface area contributed by atoms with Crippen molar-refractivity contribution in [2.24, 2.45) is 47.3 Å². The number of hydrogen-bond donors (Lipinski definition) is 2. The summed E-state index contributed by atoms with van der Waals surface area (Å²) in [6.45, 7) is 26.3. The van der Waals surface area contributed by atoms with Crippen LogP contribution in [0.25, 0.3) is 0 Å². The van der Waals surface area contributed by atoms with Crippen LogP contribution in [0, 0.1) is 47.3 Å². The van der Waals surface area contributed by atoms with E-state index in [9.17, 15) is 24.0 Å². The first kappa shape index (κ1) is 79.7. The van der Waals surface area contributed by atoms with Gasteiger partial charge in [-0.15, -0.1) is 0 Å². The fourth-order valence-electron chi connectivity index (χ4n) is 16.7. The average Bonchev–Trinajstić information content (AvgIpc) is 1.75. The number of piperazine rings is 4. The van der Waals surface area contributed by atoms with Crippen LogP contribution < -0.4 is 5.32 Å². The summed E-state index contributed by atoms with van der Waals surface area (Å²) in [5.74, 6) is 1.18. The van der Waals surface area contributed by atoms with Gasteiger partial charge in [-0.25, -0.2) is 0 Å². The van der Waals surface area contributed by atoms with Gasteiger partial charge in [0.25, 0.3) is 0 Å². The molecule has 16 heteroatoms. The summed E-state index contributed by atoms with van der Waals surface area (Å²) in [5.41, 5.74) is 10.9. The number of carbonyl (C=O) groups excluding carboxylic acids is 4. The Balaban J connectivity index is 0.000000131. The molecule has 16 nitrogen and oxygen atoms in total. The number of nitrogens with zero attached hydrogens (tertiary/aromatic N) is 7. The van der Waals surface area contributed by atoms with E-state index in [4.69, 9.17) is 14.6 Å². The topological polar surface area (TPSA) is 159 Å². The number of benzene rings is 8. The molecule has 0 radical (unpaired) electrons. The lowest BCUT2D eigenvalue weighted by atomic mass is 9.96. The molecule has 0 aromatic heterocycles. The second-order valence-corrected chi connectivity index (χ2v) is 30.6. The minimum atomic E-state index is -0.623. The molecule has 0 amide bonds. The van der Waals surface area contributed by atoms with Crippen molar-refractivity contribution in [2.45, 2.75) is 70.6 Å². The lowest BCUT2D eigenvalue weighted by molar-refractivity contribution is -0.146. The number of hydrogen-bond acceptors (Lipinski definition) is 15. The molecule has 8 unspecified atom stereocenters. The summed E-state index contributed by atoms with van der Waals surface area (Å²) in [5, 5.41) is 12.5. The van der Waals surface area contributed by atoms with Crippen LogP contribution in [-0.2, 0) is 33.4 Å². The minimum Gasteiger partial charge on any atom is -0.481 e. The predicted molar refractivity (Wildman–Crippen MR) is 431 cm³/mol. The Bertz CT molecular complexity index is 3730. The van der Waals surface area contributed by atoms with Gasteiger partial charge < -0.3 is 39.4 Å². The highest BCUT2D eigenvalue weighted by Crippen LogP contribution is 2.43. The van der Waals surface area contributed by atoms with Crippen LogP contribution in [0.1, 0.15) is 115 Å². The summed E-state index contributed by atoms with van der Waals surface area (Å²) >= 11 is 0. The average molecular weight is 1470 g/mol. The van der Waals surface area contributed by atoms with Crippen molar-refractivity contribution in [2.75, 3.05) is 138 Å². The molecule has 2 N–H and O–H groups in total. The van der Waals surface area contributed by atoms with E-state index in [0.717, 1.165) is 150 Å². The number of aliphatic carboxylic acids is 1. The second-order valence-electron chi connectivity index (χ2n) is 30.6. The fraction of sp³-hybridized carbons (Fsp3) is 0.430. The molecule has 4 aliphatic heterocycles. The number of carboxylic acids is 1. The Kier molecular flexibility index (Phi) is 29.8. The van der Waals surface area contributed by atoms with E-state index in [-0.39, 0.29) is 41.7 Å². The molecule has 4 saturated carbocycles. The SMILES string of the molecule is CC(=O)C1CC1CN1CCN(C(c2ccccc2)c2ccccc2)CC1.CCOC(=O)C1CC1C=O.CCOC(=O)C1CC1CN1CCN(C(c2ccccc2)c2ccccc2)CC1.O=C(O)C1CC1CN1CCN(C(c2ccccc2)c2ccccc2)CC1.c1ccc(C(c2ccccc2)N2CCNCC2)cc1. The number of ketones is 1. The van der Waals surface area contributed by atoms with Gasteiger partial charge in [0.15, 0.2) is 0 Å². The zero-order valence-corrected chi connectivity index (χ0v) is 64.2. The van der Waals surface area contributed by atoms with Gasteiger partial charge in [-0.05, 0) is 109 Å². The Morgan fingerprint density at radius 2 is 0.606 bits per heavy atom. The van der Waals surface area contributed by atoms with Gasteiger partial charge in [0, 0.05) is 136 Å². The lowest BCUT2D eigenvalue weighted by Gasteiger charge is -2.40. The highest BCUT2D eigenvalue weighted by molar-refractivity contribution is 5.82. The van der Waals surface area contributed by atoms with Crippen molar-refractivity contribution in [1.82, 2.24) is 39.6 Å². The van der Waals surface area contributed by atoms with Gasteiger partial charge in [0.1, 0.15) is 12.1 Å². The molecule has 0 spiro atoms. The van der Waals surface area contributed by atoms with E-state index in [1.54, 1.807) is 13.8 Å². The van der Waals surface area contributed by atoms with E-state index in [1.807, 2.05) is 6.92 Å². The molecular formula is C93H114N8O8. The molecule has 4 saturated heterocycles. The second kappa shape index (κ2) is 40.8. The smallest absolute Gasteiger partial charge is 0.309 e. The number of ether oxygens (including phenoxy) is 2. The first-order valence-corrected chi connectivity index (χ1v) is 40.2. The molecule has 8 atom stereocenters. The van der Waals surface area contributed by atoms with Crippen molar-refractivity contribution in [3.63, 3.8) is 0 Å².